The van der Waals surface area contributed by atoms with Crippen molar-refractivity contribution in [2.45, 2.75) is 6.61 Å². The average Bonchev–Trinajstić information content (AvgIpc) is 2.42. The monoisotopic (exact) mass is 290 g/mol. The molecule has 0 radical (unpaired) electrons. The third-order valence-electron chi connectivity index (χ3n) is 2.60. The van der Waals surface area contributed by atoms with Gasteiger partial charge in [0.25, 0.3) is 0 Å². The number of ether oxygens (including phenoxy) is 1. The summed E-state index contributed by atoms with van der Waals surface area (Å²) in [5.41, 5.74) is 1.03. The third kappa shape index (κ3) is 4.72. The van der Waals surface area contributed by atoms with Gasteiger partial charge in [-0.2, -0.15) is 0 Å². The molecule has 0 aliphatic rings. The molecule has 2 aromatic rings. The van der Waals surface area contributed by atoms with E-state index in [2.05, 4.69) is 0 Å². The van der Waals surface area contributed by atoms with Crippen molar-refractivity contribution in [1.29, 1.82) is 0 Å². The number of benzene rings is 2. The molecule has 0 saturated carbocycles. The Morgan fingerprint density at radius 3 is 2.52 bits per heavy atom. The van der Waals surface area contributed by atoms with Gasteiger partial charge in [0.05, 0.1) is 0 Å². The summed E-state index contributed by atoms with van der Waals surface area (Å²) in [6.45, 7) is 0.0147. The second kappa shape index (κ2) is 6.65. The molecule has 0 fully saturated rings. The van der Waals surface area contributed by atoms with Crippen LogP contribution in [-0.4, -0.2) is 11.1 Å². The van der Waals surface area contributed by atoms with E-state index in [4.69, 9.17) is 9.84 Å². The van der Waals surface area contributed by atoms with E-state index in [0.717, 1.165) is 12.1 Å². The number of halogens is 2. The Morgan fingerprint density at radius 1 is 1.14 bits per heavy atom. The Hall–Kier alpha value is -2.69. The minimum absolute atomic E-state index is 0.0147. The van der Waals surface area contributed by atoms with E-state index in [9.17, 15) is 13.6 Å². The first-order chi connectivity index (χ1) is 10.0. The highest BCUT2D eigenvalue weighted by Crippen LogP contribution is 2.17. The van der Waals surface area contributed by atoms with Crippen LogP contribution in [0.25, 0.3) is 6.08 Å². The van der Waals surface area contributed by atoms with Gasteiger partial charge >= 0.3 is 5.97 Å². The van der Waals surface area contributed by atoms with Crippen LogP contribution in [0.4, 0.5) is 8.78 Å². The molecule has 0 aromatic heterocycles. The van der Waals surface area contributed by atoms with Gasteiger partial charge in [0.15, 0.2) is 0 Å². The predicted molar refractivity (Wildman–Crippen MR) is 73.8 cm³/mol. The summed E-state index contributed by atoms with van der Waals surface area (Å²) in [6, 6.07) is 9.90. The fourth-order valence-corrected chi connectivity index (χ4v) is 1.74. The minimum Gasteiger partial charge on any atom is -0.489 e. The Labute approximate surface area is 120 Å². The van der Waals surface area contributed by atoms with Crippen molar-refractivity contribution in [1.82, 2.24) is 0 Å². The van der Waals surface area contributed by atoms with Gasteiger partial charge in [0, 0.05) is 12.1 Å². The van der Waals surface area contributed by atoms with Crippen molar-refractivity contribution >= 4 is 12.0 Å². The van der Waals surface area contributed by atoms with Crippen molar-refractivity contribution in [3.05, 3.63) is 71.3 Å². The normalized spacial score (nSPS) is 10.8. The van der Waals surface area contributed by atoms with Gasteiger partial charge < -0.3 is 9.84 Å². The van der Waals surface area contributed by atoms with Crippen LogP contribution in [0.15, 0.2) is 48.5 Å². The maximum Gasteiger partial charge on any atom is 0.328 e. The topological polar surface area (TPSA) is 46.5 Å². The molecular formula is C16H12F2O3. The van der Waals surface area contributed by atoms with E-state index in [1.807, 2.05) is 0 Å². The zero-order valence-corrected chi connectivity index (χ0v) is 10.9. The van der Waals surface area contributed by atoms with Crippen LogP contribution in [0.3, 0.4) is 0 Å². The molecule has 0 aliphatic heterocycles. The van der Waals surface area contributed by atoms with E-state index in [1.165, 1.54) is 18.2 Å². The molecule has 1 N–H and O–H groups in total. The molecule has 0 aliphatic carbocycles. The Morgan fingerprint density at radius 2 is 1.86 bits per heavy atom. The standard InChI is InChI=1S/C16H12F2O3/c17-13-6-12(7-14(18)9-13)10-21-15-3-1-2-11(8-15)4-5-16(19)20/h1-9H,10H2,(H,19,20)/b5-4+. The molecule has 0 spiro atoms. The van der Waals surface area contributed by atoms with Crippen LogP contribution in [-0.2, 0) is 11.4 Å². The number of carbonyl (C=O) groups is 1. The second-order valence-corrected chi connectivity index (χ2v) is 4.31. The Balaban J connectivity index is 2.06. The van der Waals surface area contributed by atoms with E-state index in [-0.39, 0.29) is 6.61 Å². The number of carboxylic acids is 1. The largest absolute Gasteiger partial charge is 0.489 e. The zero-order chi connectivity index (χ0) is 15.2. The lowest BCUT2D eigenvalue weighted by molar-refractivity contribution is -0.131. The van der Waals surface area contributed by atoms with Crippen molar-refractivity contribution < 1.29 is 23.4 Å². The molecule has 2 rings (SSSR count). The highest BCUT2D eigenvalue weighted by Gasteiger charge is 2.02. The number of aliphatic carboxylic acids is 1. The third-order valence-corrected chi connectivity index (χ3v) is 2.60. The van der Waals surface area contributed by atoms with Crippen molar-refractivity contribution in [3.63, 3.8) is 0 Å². The van der Waals surface area contributed by atoms with Crippen molar-refractivity contribution in [3.8, 4) is 5.75 Å². The van der Waals surface area contributed by atoms with Crippen molar-refractivity contribution in [2.75, 3.05) is 0 Å². The van der Waals surface area contributed by atoms with Crippen LogP contribution < -0.4 is 4.74 Å². The first-order valence-electron chi connectivity index (χ1n) is 6.12. The molecule has 2 aromatic carbocycles. The molecule has 0 unspecified atom stereocenters. The van der Waals surface area contributed by atoms with E-state index in [0.29, 0.717) is 16.9 Å². The molecule has 5 heteroatoms. The Kier molecular flexibility index (Phi) is 4.66. The summed E-state index contributed by atoms with van der Waals surface area (Å²) in [5.74, 6) is -1.89. The fourth-order valence-electron chi connectivity index (χ4n) is 1.74. The molecule has 0 saturated heterocycles. The lowest BCUT2D eigenvalue weighted by Crippen LogP contribution is -1.97. The molecule has 21 heavy (non-hydrogen) atoms. The number of carboxylic acid groups (broad SMARTS) is 1. The van der Waals surface area contributed by atoms with Gasteiger partial charge in [-0.25, -0.2) is 13.6 Å². The minimum atomic E-state index is -1.04. The molecule has 108 valence electrons. The van der Waals surface area contributed by atoms with E-state index in [1.54, 1.807) is 24.3 Å². The summed E-state index contributed by atoms with van der Waals surface area (Å²) in [6.07, 6.45) is 2.44. The summed E-state index contributed by atoms with van der Waals surface area (Å²) < 4.78 is 31.5. The van der Waals surface area contributed by atoms with Gasteiger partial charge in [-0.15, -0.1) is 0 Å². The SMILES string of the molecule is O=C(O)/C=C/c1cccc(OCc2cc(F)cc(F)c2)c1. The zero-order valence-electron chi connectivity index (χ0n) is 10.9. The summed E-state index contributed by atoms with van der Waals surface area (Å²) >= 11 is 0. The molecule has 0 heterocycles. The quantitative estimate of drug-likeness (QED) is 0.855. The predicted octanol–water partition coefficient (Wildman–Crippen LogP) is 3.64. The lowest BCUT2D eigenvalue weighted by Gasteiger charge is -2.07. The summed E-state index contributed by atoms with van der Waals surface area (Å²) in [4.78, 5) is 10.4. The van der Waals surface area contributed by atoms with Gasteiger partial charge in [-0.1, -0.05) is 12.1 Å². The van der Waals surface area contributed by atoms with Gasteiger partial charge in [-0.05, 0) is 41.5 Å². The molecular weight excluding hydrogens is 278 g/mol. The lowest BCUT2D eigenvalue weighted by atomic mass is 10.2. The van der Waals surface area contributed by atoms with Crippen LogP contribution in [0.1, 0.15) is 11.1 Å². The highest BCUT2D eigenvalue weighted by molar-refractivity contribution is 5.85. The molecule has 0 atom stereocenters. The number of rotatable bonds is 5. The maximum atomic E-state index is 13.0. The van der Waals surface area contributed by atoms with Crippen LogP contribution in [0.5, 0.6) is 5.75 Å². The number of hydrogen-bond acceptors (Lipinski definition) is 2. The maximum absolute atomic E-state index is 13.0. The molecule has 0 amide bonds. The first kappa shape index (κ1) is 14.7. The average molecular weight is 290 g/mol. The van der Waals surface area contributed by atoms with Crippen molar-refractivity contribution in [2.24, 2.45) is 0 Å². The van der Waals surface area contributed by atoms with Gasteiger partial charge in [0.1, 0.15) is 24.0 Å². The van der Waals surface area contributed by atoms with Crippen LogP contribution in [0, 0.1) is 11.6 Å². The van der Waals surface area contributed by atoms with E-state index >= 15 is 0 Å². The second-order valence-electron chi connectivity index (χ2n) is 4.31. The Bertz CT molecular complexity index is 661. The first-order valence-corrected chi connectivity index (χ1v) is 6.12. The van der Waals surface area contributed by atoms with Gasteiger partial charge in [-0.3, -0.25) is 0 Å². The fraction of sp³-hybridized carbons (Fsp3) is 0.0625. The smallest absolute Gasteiger partial charge is 0.328 e. The molecule has 3 nitrogen and oxygen atoms in total. The highest BCUT2D eigenvalue weighted by atomic mass is 19.1. The van der Waals surface area contributed by atoms with Crippen LogP contribution >= 0.6 is 0 Å². The molecule has 0 bridgehead atoms. The summed E-state index contributed by atoms with van der Waals surface area (Å²) in [7, 11) is 0. The van der Waals surface area contributed by atoms with Gasteiger partial charge in [0.2, 0.25) is 0 Å². The summed E-state index contributed by atoms with van der Waals surface area (Å²) in [5, 5.41) is 8.56. The number of hydrogen-bond donors (Lipinski definition) is 1. The van der Waals surface area contributed by atoms with E-state index < -0.39 is 17.6 Å². The van der Waals surface area contributed by atoms with Crippen LogP contribution in [0.2, 0.25) is 0 Å².